The third-order valence-electron chi connectivity index (χ3n) is 2.07. The number of hydrogen-bond acceptors (Lipinski definition) is 6. The minimum Gasteiger partial charge on any atom is -0.387 e. The largest absolute Gasteiger partial charge is 0.482 e. The second-order valence-corrected chi connectivity index (χ2v) is 8.25. The lowest BCUT2D eigenvalue weighted by molar-refractivity contribution is 0.293. The van der Waals surface area contributed by atoms with Crippen LogP contribution in [-0.4, -0.2) is 70.5 Å². The molecule has 0 aromatic carbocycles. The molecule has 22 heavy (non-hydrogen) atoms. The van der Waals surface area contributed by atoms with Gasteiger partial charge >= 0.3 is 27.9 Å². The van der Waals surface area contributed by atoms with E-state index in [4.69, 9.17) is 26.6 Å². The van der Waals surface area contributed by atoms with Crippen molar-refractivity contribution in [3.8, 4) is 34.4 Å². The maximum absolute atomic E-state index is 5.11. The molecular weight excluding hydrogens is 336 g/mol. The van der Waals surface area contributed by atoms with Crippen LogP contribution in [0.5, 0.6) is 0 Å². The van der Waals surface area contributed by atoms with Gasteiger partial charge in [-0.3, -0.25) is 0 Å². The van der Waals surface area contributed by atoms with Crippen LogP contribution in [0.3, 0.4) is 0 Å². The Morgan fingerprint density at radius 3 is 0.909 bits per heavy atom. The predicted molar refractivity (Wildman–Crippen MR) is 86.1 cm³/mol. The van der Waals surface area contributed by atoms with Crippen LogP contribution in [-0.2, 0) is 26.6 Å². The average Bonchev–Trinajstić information content (AvgIpc) is 2.56. The van der Waals surface area contributed by atoms with Gasteiger partial charge in [0.2, 0.25) is 0 Å². The van der Waals surface area contributed by atoms with Crippen molar-refractivity contribution >= 4 is 27.9 Å². The van der Waals surface area contributed by atoms with E-state index in [1.807, 2.05) is 0 Å². The molecule has 9 heteroatoms. The van der Waals surface area contributed by atoms with Crippen LogP contribution in [0, 0.1) is 40.3 Å². The van der Waals surface area contributed by atoms with Gasteiger partial charge in [-0.2, -0.15) is 0 Å². The summed E-state index contributed by atoms with van der Waals surface area (Å²) >= 11 is 0. The third kappa shape index (κ3) is 9.18. The van der Waals surface area contributed by atoms with E-state index in [1.165, 1.54) is 0 Å². The number of rotatable bonds is 6. The Hall–Kier alpha value is -0.909. The molecular formula is C13H19O6Si3. The molecule has 0 fully saturated rings. The quantitative estimate of drug-likeness (QED) is 0.476. The molecule has 0 unspecified atom stereocenters. The van der Waals surface area contributed by atoms with E-state index in [0.717, 1.165) is 0 Å². The summed E-state index contributed by atoms with van der Waals surface area (Å²) in [5, 5.41) is 0. The first-order valence-corrected chi connectivity index (χ1v) is 9.99. The molecule has 0 aliphatic rings. The first-order valence-electron chi connectivity index (χ1n) is 6.04. The Morgan fingerprint density at radius 2 is 0.727 bits per heavy atom. The molecule has 0 rings (SSSR count). The summed E-state index contributed by atoms with van der Waals surface area (Å²) in [7, 11) is 4.43. The lowest BCUT2D eigenvalue weighted by Crippen LogP contribution is -2.18. The lowest BCUT2D eigenvalue weighted by Gasteiger charge is -2.02. The van der Waals surface area contributed by atoms with Gasteiger partial charge in [0, 0.05) is 42.7 Å². The smallest absolute Gasteiger partial charge is 0.387 e. The first kappa shape index (κ1) is 21.1. The molecule has 0 amide bonds. The van der Waals surface area contributed by atoms with Gasteiger partial charge in [-0.1, -0.05) is 34.4 Å². The van der Waals surface area contributed by atoms with Crippen molar-refractivity contribution in [3.05, 3.63) is 0 Å². The highest BCUT2D eigenvalue weighted by molar-refractivity contribution is 6.55. The molecule has 0 aliphatic carbocycles. The molecule has 0 saturated carbocycles. The molecule has 0 atom stereocenters. The van der Waals surface area contributed by atoms with Crippen molar-refractivity contribution in [1.82, 2.24) is 0 Å². The van der Waals surface area contributed by atoms with Gasteiger partial charge in [0.15, 0.2) is 0 Å². The Labute approximate surface area is 137 Å². The summed E-state index contributed by atoms with van der Waals surface area (Å²) in [6.45, 7) is 0. The van der Waals surface area contributed by atoms with Crippen LogP contribution in [0.15, 0.2) is 0 Å². The maximum Gasteiger partial charge on any atom is 0.482 e. The van der Waals surface area contributed by atoms with Crippen LogP contribution < -0.4 is 0 Å². The molecule has 0 aromatic rings. The highest BCUT2D eigenvalue weighted by Crippen LogP contribution is 1.94. The van der Waals surface area contributed by atoms with Crippen LogP contribution >= 0.6 is 0 Å². The Morgan fingerprint density at radius 1 is 0.500 bits per heavy atom. The lowest BCUT2D eigenvalue weighted by atomic mass is 10.2. The second-order valence-electron chi connectivity index (χ2n) is 3.33. The second kappa shape index (κ2) is 13.7. The molecule has 0 saturated heterocycles. The van der Waals surface area contributed by atoms with Crippen molar-refractivity contribution < 1.29 is 26.6 Å². The molecule has 0 bridgehead atoms. The molecule has 3 radical (unpaired) electrons. The maximum atomic E-state index is 5.11. The third-order valence-corrected chi connectivity index (χ3v) is 5.34. The Balaban J connectivity index is 5.22. The van der Waals surface area contributed by atoms with Crippen molar-refractivity contribution in [1.29, 1.82) is 0 Å². The fraction of sp³-hybridized carbons (Fsp3) is 0.538. The van der Waals surface area contributed by atoms with Gasteiger partial charge in [-0.05, 0) is 0 Å². The molecule has 119 valence electrons. The van der Waals surface area contributed by atoms with E-state index < -0.39 is 33.8 Å². The average molecular weight is 356 g/mol. The van der Waals surface area contributed by atoms with E-state index in [-0.39, 0.29) is 0 Å². The van der Waals surface area contributed by atoms with E-state index >= 15 is 0 Å². The Bertz CT molecular complexity index is 398. The summed E-state index contributed by atoms with van der Waals surface area (Å²) in [4.78, 5) is 0. The number of hydrogen-bond donors (Lipinski definition) is 0. The molecule has 6 nitrogen and oxygen atoms in total. The fourth-order valence-corrected chi connectivity index (χ4v) is 2.96. The van der Waals surface area contributed by atoms with E-state index in [1.54, 1.807) is 42.7 Å². The topological polar surface area (TPSA) is 55.4 Å². The van der Waals surface area contributed by atoms with Gasteiger partial charge in [0.05, 0.1) is 0 Å². The zero-order valence-corrected chi connectivity index (χ0v) is 16.5. The predicted octanol–water partition coefficient (Wildman–Crippen LogP) is -0.427. The SMILES string of the molecule is CO[Si](C#CC(C#C[Si](OC)OC)C#C[Si](OC)OC)OC. The van der Waals surface area contributed by atoms with Gasteiger partial charge in [0.1, 0.15) is 5.92 Å². The van der Waals surface area contributed by atoms with Crippen LogP contribution in [0.2, 0.25) is 0 Å². The zero-order chi connectivity index (χ0) is 16.8. The van der Waals surface area contributed by atoms with E-state index in [2.05, 4.69) is 34.4 Å². The van der Waals surface area contributed by atoms with Gasteiger partial charge in [-0.15, -0.1) is 0 Å². The van der Waals surface area contributed by atoms with Gasteiger partial charge in [-0.25, -0.2) is 0 Å². The van der Waals surface area contributed by atoms with Crippen molar-refractivity contribution in [2.24, 2.45) is 5.92 Å². The zero-order valence-electron chi connectivity index (χ0n) is 13.5. The highest BCUT2D eigenvalue weighted by atomic mass is 28.3. The summed E-state index contributed by atoms with van der Waals surface area (Å²) in [5.41, 5.74) is 8.70. The molecule has 0 spiro atoms. The molecule has 0 N–H and O–H groups in total. The first-order chi connectivity index (χ1) is 10.6. The summed E-state index contributed by atoms with van der Waals surface area (Å²) in [6, 6.07) is 0. The standard InChI is InChI=1S/C13H19O6Si3/c1-14-20(15-2)10-7-13(8-11-21(16-3)17-4)9-12-22(18-5)19-6/h13H,1-6H3. The van der Waals surface area contributed by atoms with E-state index in [9.17, 15) is 0 Å². The summed E-state index contributed by atoms with van der Waals surface area (Å²) in [6.07, 6.45) is 0. The van der Waals surface area contributed by atoms with Crippen molar-refractivity contribution in [2.45, 2.75) is 0 Å². The minimum absolute atomic E-state index is 0.485. The Kier molecular flexibility index (Phi) is 13.2. The van der Waals surface area contributed by atoms with Crippen LogP contribution in [0.4, 0.5) is 0 Å². The molecule has 0 heterocycles. The monoisotopic (exact) mass is 355 g/mol. The molecule has 0 aromatic heterocycles. The van der Waals surface area contributed by atoms with Crippen LogP contribution in [0.1, 0.15) is 0 Å². The highest BCUT2D eigenvalue weighted by Gasteiger charge is 2.11. The van der Waals surface area contributed by atoms with Gasteiger partial charge < -0.3 is 26.6 Å². The summed E-state index contributed by atoms with van der Waals surface area (Å²) in [5.74, 6) is 8.33. The van der Waals surface area contributed by atoms with Crippen molar-refractivity contribution in [2.75, 3.05) is 42.7 Å². The summed E-state index contributed by atoms with van der Waals surface area (Å²) < 4.78 is 30.7. The van der Waals surface area contributed by atoms with E-state index in [0.29, 0.717) is 0 Å². The minimum atomic E-state index is -1.62. The van der Waals surface area contributed by atoms with Gasteiger partial charge in [0.25, 0.3) is 0 Å². The normalized spacial score (nSPS) is 10.1. The fourth-order valence-electron chi connectivity index (χ4n) is 1.06. The van der Waals surface area contributed by atoms with Crippen molar-refractivity contribution in [3.63, 3.8) is 0 Å². The molecule has 0 aliphatic heterocycles. The van der Waals surface area contributed by atoms with Crippen LogP contribution in [0.25, 0.3) is 0 Å².